The van der Waals surface area contributed by atoms with Gasteiger partial charge >= 0.3 is 0 Å². The van der Waals surface area contributed by atoms with E-state index >= 15 is 0 Å². The largest absolute Gasteiger partial charge is 0.486 e. The summed E-state index contributed by atoms with van der Waals surface area (Å²) in [6.07, 6.45) is 0. The lowest BCUT2D eigenvalue weighted by Gasteiger charge is -2.20. The third-order valence-corrected chi connectivity index (χ3v) is 4.10. The molecule has 0 saturated heterocycles. The molecule has 0 bridgehead atoms. The van der Waals surface area contributed by atoms with E-state index in [-0.39, 0.29) is 0 Å². The molecule has 2 heterocycles. The normalized spacial score (nSPS) is 12.5. The second-order valence-corrected chi connectivity index (χ2v) is 6.07. The van der Waals surface area contributed by atoms with Gasteiger partial charge in [0.2, 0.25) is 5.95 Å². The zero-order valence-electron chi connectivity index (χ0n) is 14.8. The van der Waals surface area contributed by atoms with Gasteiger partial charge in [0, 0.05) is 36.2 Å². The molecule has 4 rings (SSSR count). The number of hydrogen-bond donors (Lipinski definition) is 1. The molecule has 2 aromatic carbocycles. The fourth-order valence-electron chi connectivity index (χ4n) is 2.80. The smallest absolute Gasteiger partial charge is 0.231 e. The zero-order chi connectivity index (χ0) is 17.9. The molecule has 6 nitrogen and oxygen atoms in total. The van der Waals surface area contributed by atoms with Crippen LogP contribution in [0.2, 0.25) is 0 Å². The van der Waals surface area contributed by atoms with Gasteiger partial charge in [0.05, 0.1) is 0 Å². The lowest BCUT2D eigenvalue weighted by molar-refractivity contribution is 0.171. The molecule has 0 fully saturated rings. The number of anilines is 4. The molecule has 1 aromatic heterocycles. The van der Waals surface area contributed by atoms with Crippen LogP contribution in [-0.2, 0) is 0 Å². The van der Waals surface area contributed by atoms with Gasteiger partial charge in [-0.1, -0.05) is 18.2 Å². The number of aromatic nitrogens is 2. The van der Waals surface area contributed by atoms with Gasteiger partial charge in [0.1, 0.15) is 19.0 Å². The van der Waals surface area contributed by atoms with E-state index in [1.807, 2.05) is 73.5 Å². The molecule has 1 aliphatic heterocycles. The topological polar surface area (TPSA) is 59.5 Å². The van der Waals surface area contributed by atoms with Crippen molar-refractivity contribution in [2.45, 2.75) is 6.92 Å². The molecule has 26 heavy (non-hydrogen) atoms. The third-order valence-electron chi connectivity index (χ3n) is 4.10. The maximum absolute atomic E-state index is 5.64. The summed E-state index contributed by atoms with van der Waals surface area (Å²) in [7, 11) is 1.96. The molecular weight excluding hydrogens is 328 g/mol. The maximum atomic E-state index is 5.64. The highest BCUT2D eigenvalue weighted by atomic mass is 16.6. The number of hydrogen-bond acceptors (Lipinski definition) is 6. The zero-order valence-corrected chi connectivity index (χ0v) is 14.8. The molecule has 6 heteroatoms. The van der Waals surface area contributed by atoms with Crippen LogP contribution in [0, 0.1) is 6.92 Å². The van der Waals surface area contributed by atoms with E-state index in [1.54, 1.807) is 0 Å². The fourth-order valence-corrected chi connectivity index (χ4v) is 2.80. The molecule has 3 aromatic rings. The first-order valence-corrected chi connectivity index (χ1v) is 8.50. The number of ether oxygens (including phenoxy) is 2. The Labute approximate surface area is 152 Å². The minimum absolute atomic E-state index is 0.565. The van der Waals surface area contributed by atoms with Crippen molar-refractivity contribution in [3.8, 4) is 11.5 Å². The quantitative estimate of drug-likeness (QED) is 0.767. The highest BCUT2D eigenvalue weighted by Gasteiger charge is 2.13. The number of nitrogens with zero attached hydrogens (tertiary/aromatic N) is 3. The minimum Gasteiger partial charge on any atom is -0.486 e. The van der Waals surface area contributed by atoms with Crippen molar-refractivity contribution in [1.29, 1.82) is 0 Å². The summed E-state index contributed by atoms with van der Waals surface area (Å²) in [5.74, 6) is 2.88. The number of benzene rings is 2. The van der Waals surface area contributed by atoms with Crippen molar-refractivity contribution >= 4 is 23.1 Å². The molecule has 1 aliphatic rings. The third kappa shape index (κ3) is 3.39. The Balaban J connectivity index is 1.60. The first kappa shape index (κ1) is 16.2. The summed E-state index contributed by atoms with van der Waals surface area (Å²) in [5, 5.41) is 3.33. The summed E-state index contributed by atoms with van der Waals surface area (Å²) < 4.78 is 11.2. The maximum Gasteiger partial charge on any atom is 0.231 e. The first-order chi connectivity index (χ1) is 12.7. The average Bonchev–Trinajstić information content (AvgIpc) is 2.67. The van der Waals surface area contributed by atoms with E-state index in [0.717, 1.165) is 34.4 Å². The van der Waals surface area contributed by atoms with Gasteiger partial charge in [0.15, 0.2) is 11.5 Å². The predicted octanol–water partition coefficient (Wildman–Crippen LogP) is 4.07. The molecule has 0 unspecified atom stereocenters. The Morgan fingerprint density at radius 1 is 0.923 bits per heavy atom. The highest BCUT2D eigenvalue weighted by Crippen LogP contribution is 2.33. The summed E-state index contributed by atoms with van der Waals surface area (Å²) in [4.78, 5) is 11.2. The van der Waals surface area contributed by atoms with Gasteiger partial charge in [-0.05, 0) is 31.2 Å². The van der Waals surface area contributed by atoms with E-state index in [1.165, 1.54) is 0 Å². The number of rotatable bonds is 4. The van der Waals surface area contributed by atoms with Gasteiger partial charge in [-0.3, -0.25) is 0 Å². The van der Waals surface area contributed by atoms with Crippen LogP contribution >= 0.6 is 0 Å². The van der Waals surface area contributed by atoms with E-state index < -0.39 is 0 Å². The molecule has 0 aliphatic carbocycles. The second kappa shape index (κ2) is 6.92. The molecule has 0 radical (unpaired) electrons. The summed E-state index contributed by atoms with van der Waals surface area (Å²) in [6, 6.07) is 17.7. The monoisotopic (exact) mass is 348 g/mol. The lowest BCUT2D eigenvalue weighted by atomic mass is 10.2. The Morgan fingerprint density at radius 3 is 2.50 bits per heavy atom. The van der Waals surface area contributed by atoms with Crippen LogP contribution in [0.25, 0.3) is 0 Å². The number of aryl methyl sites for hydroxylation is 1. The predicted molar refractivity (Wildman–Crippen MR) is 102 cm³/mol. The molecule has 0 spiro atoms. The first-order valence-electron chi connectivity index (χ1n) is 8.50. The van der Waals surface area contributed by atoms with Crippen molar-refractivity contribution < 1.29 is 9.47 Å². The minimum atomic E-state index is 0.565. The summed E-state index contributed by atoms with van der Waals surface area (Å²) in [6.45, 7) is 3.11. The van der Waals surface area contributed by atoms with E-state index in [2.05, 4.69) is 15.3 Å². The van der Waals surface area contributed by atoms with Gasteiger partial charge in [-0.25, -0.2) is 4.98 Å². The summed E-state index contributed by atoms with van der Waals surface area (Å²) >= 11 is 0. The Morgan fingerprint density at radius 2 is 1.69 bits per heavy atom. The SMILES string of the molecule is Cc1cc(Nc2ccc3c(c2)OCCO3)nc(N(C)c2ccccc2)n1. The molecular formula is C20H20N4O2. The Bertz CT molecular complexity index is 915. The van der Waals surface area contributed by atoms with E-state index in [9.17, 15) is 0 Å². The molecule has 0 saturated carbocycles. The van der Waals surface area contributed by atoms with Gasteiger partial charge in [0.25, 0.3) is 0 Å². The van der Waals surface area contributed by atoms with Crippen molar-refractivity contribution in [2.24, 2.45) is 0 Å². The molecule has 1 N–H and O–H groups in total. The molecule has 0 atom stereocenters. The summed E-state index contributed by atoms with van der Waals surface area (Å²) in [5.41, 5.74) is 2.81. The van der Waals surface area contributed by atoms with Crippen LogP contribution in [0.1, 0.15) is 5.69 Å². The van der Waals surface area contributed by atoms with E-state index in [0.29, 0.717) is 19.2 Å². The number of fused-ring (bicyclic) bond motifs is 1. The Kier molecular flexibility index (Phi) is 4.31. The van der Waals surface area contributed by atoms with Crippen LogP contribution in [0.15, 0.2) is 54.6 Å². The molecule has 0 amide bonds. The Hall–Kier alpha value is -3.28. The lowest BCUT2D eigenvalue weighted by Crippen LogP contribution is -2.15. The number of nitrogens with one attached hydrogen (secondary N) is 1. The van der Waals surface area contributed by atoms with E-state index in [4.69, 9.17) is 9.47 Å². The highest BCUT2D eigenvalue weighted by molar-refractivity contribution is 5.64. The van der Waals surface area contributed by atoms with Crippen LogP contribution in [0.5, 0.6) is 11.5 Å². The molecule has 132 valence electrons. The van der Waals surface area contributed by atoms with Crippen molar-refractivity contribution in [2.75, 3.05) is 30.5 Å². The second-order valence-electron chi connectivity index (χ2n) is 6.07. The van der Waals surface area contributed by atoms with Crippen LogP contribution in [-0.4, -0.2) is 30.2 Å². The average molecular weight is 348 g/mol. The standard InChI is InChI=1S/C20H20N4O2/c1-14-12-19(22-15-8-9-17-18(13-15)26-11-10-25-17)23-20(21-14)24(2)16-6-4-3-5-7-16/h3-9,12-13H,10-11H2,1-2H3,(H,21,22,23). The van der Waals surface area contributed by atoms with Crippen LogP contribution < -0.4 is 19.7 Å². The number of para-hydroxylation sites is 1. The van der Waals surface area contributed by atoms with Crippen LogP contribution in [0.3, 0.4) is 0 Å². The van der Waals surface area contributed by atoms with Crippen molar-refractivity contribution in [3.05, 3.63) is 60.3 Å². The fraction of sp³-hybridized carbons (Fsp3) is 0.200. The van der Waals surface area contributed by atoms with Crippen molar-refractivity contribution in [1.82, 2.24) is 9.97 Å². The van der Waals surface area contributed by atoms with Crippen LogP contribution in [0.4, 0.5) is 23.1 Å². The van der Waals surface area contributed by atoms with Gasteiger partial charge in [-0.2, -0.15) is 4.98 Å². The van der Waals surface area contributed by atoms with Crippen molar-refractivity contribution in [3.63, 3.8) is 0 Å². The van der Waals surface area contributed by atoms with Gasteiger partial charge < -0.3 is 19.7 Å². The van der Waals surface area contributed by atoms with Gasteiger partial charge in [-0.15, -0.1) is 0 Å².